The topological polar surface area (TPSA) is 27.0 Å². The molecule has 0 spiro atoms. The quantitative estimate of drug-likeness (QED) is 0.483. The van der Waals surface area contributed by atoms with Crippen LogP contribution in [-0.2, 0) is 0 Å². The number of nitriles is 1. The van der Waals surface area contributed by atoms with Gasteiger partial charge in [0, 0.05) is 31.4 Å². The molecule has 0 aromatic heterocycles. The molecule has 0 aromatic rings. The van der Waals surface area contributed by atoms with Crippen LogP contribution in [-0.4, -0.2) is 29.9 Å². The van der Waals surface area contributed by atoms with Crippen molar-refractivity contribution in [3.05, 3.63) is 12.2 Å². The zero-order valence-corrected chi connectivity index (χ0v) is 8.56. The van der Waals surface area contributed by atoms with E-state index in [2.05, 4.69) is 17.5 Å². The average molecular weight is 199 g/mol. The minimum atomic E-state index is 0.524. The highest BCUT2D eigenvalue weighted by molar-refractivity contribution is 6.19. The second kappa shape index (κ2) is 5.26. The summed E-state index contributed by atoms with van der Waals surface area (Å²) < 4.78 is 0. The van der Waals surface area contributed by atoms with Gasteiger partial charge in [-0.05, 0) is 18.4 Å². The number of alkyl halides is 1. The fourth-order valence-corrected chi connectivity index (χ4v) is 1.44. The van der Waals surface area contributed by atoms with Gasteiger partial charge in [-0.1, -0.05) is 6.58 Å². The Morgan fingerprint density at radius 3 is 2.77 bits per heavy atom. The standard InChI is InChI=1S/C10H15ClN2/c1-9(7-11)8-13(6-2-5-12)10-3-4-10/h10H,1-4,6-8H2. The maximum Gasteiger partial charge on any atom is 0.0635 e. The number of halogens is 1. The summed E-state index contributed by atoms with van der Waals surface area (Å²) >= 11 is 5.66. The molecule has 0 unspecified atom stereocenters. The van der Waals surface area contributed by atoms with Crippen LogP contribution in [0.4, 0.5) is 0 Å². The van der Waals surface area contributed by atoms with Crippen LogP contribution in [0.3, 0.4) is 0 Å². The number of hydrogen-bond donors (Lipinski definition) is 0. The molecule has 0 N–H and O–H groups in total. The highest BCUT2D eigenvalue weighted by Crippen LogP contribution is 2.27. The molecule has 0 bridgehead atoms. The second-order valence-corrected chi connectivity index (χ2v) is 3.76. The lowest BCUT2D eigenvalue weighted by atomic mass is 10.3. The van der Waals surface area contributed by atoms with Crippen molar-refractivity contribution in [1.82, 2.24) is 4.90 Å². The molecule has 72 valence electrons. The maximum absolute atomic E-state index is 8.48. The third kappa shape index (κ3) is 3.80. The van der Waals surface area contributed by atoms with Gasteiger partial charge in [-0.15, -0.1) is 11.6 Å². The molecule has 0 atom stereocenters. The van der Waals surface area contributed by atoms with Crippen LogP contribution in [0, 0.1) is 11.3 Å². The molecule has 1 aliphatic rings. The SMILES string of the molecule is C=C(CCl)CN(CCC#N)C1CC1. The fourth-order valence-electron chi connectivity index (χ4n) is 1.35. The molecular formula is C10H15ClN2. The Morgan fingerprint density at radius 2 is 2.31 bits per heavy atom. The van der Waals surface area contributed by atoms with Gasteiger partial charge in [-0.2, -0.15) is 5.26 Å². The van der Waals surface area contributed by atoms with E-state index in [0.29, 0.717) is 18.3 Å². The zero-order chi connectivity index (χ0) is 9.68. The molecular weight excluding hydrogens is 184 g/mol. The predicted octanol–water partition coefficient (Wildman–Crippen LogP) is 2.16. The van der Waals surface area contributed by atoms with Gasteiger partial charge in [0.1, 0.15) is 0 Å². The second-order valence-electron chi connectivity index (χ2n) is 3.49. The van der Waals surface area contributed by atoms with Crippen LogP contribution in [0.25, 0.3) is 0 Å². The summed E-state index contributed by atoms with van der Waals surface area (Å²) in [6, 6.07) is 2.86. The van der Waals surface area contributed by atoms with Crippen molar-refractivity contribution in [1.29, 1.82) is 5.26 Å². The van der Waals surface area contributed by atoms with Crippen LogP contribution in [0.1, 0.15) is 19.3 Å². The number of hydrogen-bond acceptors (Lipinski definition) is 2. The summed E-state index contributed by atoms with van der Waals surface area (Å²) in [5, 5.41) is 8.48. The Morgan fingerprint density at radius 1 is 1.62 bits per heavy atom. The van der Waals surface area contributed by atoms with Crippen molar-refractivity contribution in [2.75, 3.05) is 19.0 Å². The Labute approximate surface area is 84.8 Å². The minimum absolute atomic E-state index is 0.524. The normalized spacial score (nSPS) is 15.8. The third-order valence-corrected chi connectivity index (χ3v) is 2.57. The summed E-state index contributed by atoms with van der Waals surface area (Å²) in [4.78, 5) is 2.31. The molecule has 0 aromatic carbocycles. The minimum Gasteiger partial charge on any atom is -0.295 e. The van der Waals surface area contributed by atoms with Crippen LogP contribution in [0.15, 0.2) is 12.2 Å². The third-order valence-electron chi connectivity index (χ3n) is 2.19. The van der Waals surface area contributed by atoms with Crippen LogP contribution in [0.2, 0.25) is 0 Å². The first kappa shape index (κ1) is 10.6. The molecule has 0 amide bonds. The van der Waals surface area contributed by atoms with Gasteiger partial charge in [0.25, 0.3) is 0 Å². The number of nitrogens with zero attached hydrogens (tertiary/aromatic N) is 2. The van der Waals surface area contributed by atoms with Crippen LogP contribution >= 0.6 is 11.6 Å². The fraction of sp³-hybridized carbons (Fsp3) is 0.700. The van der Waals surface area contributed by atoms with Crippen molar-refractivity contribution >= 4 is 11.6 Å². The largest absolute Gasteiger partial charge is 0.295 e. The first-order valence-electron chi connectivity index (χ1n) is 4.61. The molecule has 0 heterocycles. The average Bonchev–Trinajstić information content (AvgIpc) is 2.94. The van der Waals surface area contributed by atoms with Gasteiger partial charge < -0.3 is 0 Å². The van der Waals surface area contributed by atoms with E-state index in [0.717, 1.165) is 18.7 Å². The lowest BCUT2D eigenvalue weighted by molar-refractivity contribution is 0.293. The van der Waals surface area contributed by atoms with Crippen molar-refractivity contribution < 1.29 is 0 Å². The Kier molecular flexibility index (Phi) is 4.27. The van der Waals surface area contributed by atoms with Gasteiger partial charge in [-0.3, -0.25) is 4.90 Å². The molecule has 2 nitrogen and oxygen atoms in total. The predicted molar refractivity (Wildman–Crippen MR) is 54.7 cm³/mol. The molecule has 3 heteroatoms. The van der Waals surface area contributed by atoms with Crippen molar-refractivity contribution in [3.8, 4) is 6.07 Å². The van der Waals surface area contributed by atoms with Crippen molar-refractivity contribution in [2.24, 2.45) is 0 Å². The molecule has 1 aliphatic carbocycles. The first-order valence-corrected chi connectivity index (χ1v) is 5.15. The molecule has 1 saturated carbocycles. The van der Waals surface area contributed by atoms with Crippen LogP contribution < -0.4 is 0 Å². The smallest absolute Gasteiger partial charge is 0.0635 e. The maximum atomic E-state index is 8.48. The van der Waals surface area contributed by atoms with E-state index < -0.39 is 0 Å². The lowest BCUT2D eigenvalue weighted by Crippen LogP contribution is -2.29. The lowest BCUT2D eigenvalue weighted by Gasteiger charge is -2.20. The van der Waals surface area contributed by atoms with Gasteiger partial charge >= 0.3 is 0 Å². The molecule has 1 fully saturated rings. The van der Waals surface area contributed by atoms with E-state index in [1.165, 1.54) is 12.8 Å². The van der Waals surface area contributed by atoms with Gasteiger partial charge in [0.2, 0.25) is 0 Å². The summed E-state index contributed by atoms with van der Waals surface area (Å²) in [6.45, 7) is 5.59. The van der Waals surface area contributed by atoms with Gasteiger partial charge in [-0.25, -0.2) is 0 Å². The Hall–Kier alpha value is -0.520. The summed E-state index contributed by atoms with van der Waals surface area (Å²) in [5.41, 5.74) is 1.05. The van der Waals surface area contributed by atoms with E-state index in [9.17, 15) is 0 Å². The molecule has 1 rings (SSSR count). The van der Waals surface area contributed by atoms with E-state index in [1.807, 2.05) is 0 Å². The summed E-state index contributed by atoms with van der Waals surface area (Å²) in [5.74, 6) is 0.524. The molecule has 0 saturated heterocycles. The van der Waals surface area contributed by atoms with E-state index in [-0.39, 0.29) is 0 Å². The summed E-state index contributed by atoms with van der Waals surface area (Å²) in [7, 11) is 0. The Bertz CT molecular complexity index is 215. The van der Waals surface area contributed by atoms with Crippen LogP contribution in [0.5, 0.6) is 0 Å². The van der Waals surface area contributed by atoms with Gasteiger partial charge in [0.15, 0.2) is 0 Å². The monoisotopic (exact) mass is 198 g/mol. The molecule has 0 radical (unpaired) electrons. The summed E-state index contributed by atoms with van der Waals surface area (Å²) in [6.07, 6.45) is 3.13. The van der Waals surface area contributed by atoms with Gasteiger partial charge in [0.05, 0.1) is 6.07 Å². The van der Waals surface area contributed by atoms with E-state index in [4.69, 9.17) is 16.9 Å². The van der Waals surface area contributed by atoms with E-state index in [1.54, 1.807) is 0 Å². The number of rotatable bonds is 6. The van der Waals surface area contributed by atoms with Crippen molar-refractivity contribution in [2.45, 2.75) is 25.3 Å². The van der Waals surface area contributed by atoms with Crippen molar-refractivity contribution in [3.63, 3.8) is 0 Å². The highest BCUT2D eigenvalue weighted by atomic mass is 35.5. The zero-order valence-electron chi connectivity index (χ0n) is 7.80. The molecule has 0 aliphatic heterocycles. The Balaban J connectivity index is 2.29. The first-order chi connectivity index (χ1) is 6.27. The van der Waals surface area contributed by atoms with E-state index >= 15 is 0 Å². The highest BCUT2D eigenvalue weighted by Gasteiger charge is 2.28. The molecule has 13 heavy (non-hydrogen) atoms.